The van der Waals surface area contributed by atoms with E-state index in [4.69, 9.17) is 21.7 Å². The van der Waals surface area contributed by atoms with Crippen molar-refractivity contribution in [1.82, 2.24) is 5.32 Å². The number of hydrogen-bond acceptors (Lipinski definition) is 4. The van der Waals surface area contributed by atoms with Crippen LogP contribution in [0, 0.1) is 0 Å². The van der Waals surface area contributed by atoms with Crippen LogP contribution in [0.25, 0.3) is 0 Å². The Morgan fingerprint density at radius 3 is 2.80 bits per heavy atom. The molecule has 2 atom stereocenters. The maximum absolute atomic E-state index is 11.8. The van der Waals surface area contributed by atoms with E-state index >= 15 is 0 Å². The first kappa shape index (κ1) is 15.9. The summed E-state index contributed by atoms with van der Waals surface area (Å²) in [6.07, 6.45) is 0.708. The molecule has 2 heterocycles. The minimum atomic E-state index is -0.589. The van der Waals surface area contributed by atoms with E-state index in [9.17, 15) is 4.79 Å². The van der Waals surface area contributed by atoms with Crippen LogP contribution in [0.4, 0.5) is 5.69 Å². The molecule has 2 bridgehead atoms. The fourth-order valence-electron chi connectivity index (χ4n) is 3.59. The summed E-state index contributed by atoms with van der Waals surface area (Å²) in [6, 6.07) is 15.3. The lowest BCUT2D eigenvalue weighted by Crippen LogP contribution is -2.65. The average Bonchev–Trinajstić information content (AvgIpc) is 2.61. The molecule has 2 aromatic carbocycles. The molecular formula is C19H18N2O3S. The molecule has 25 heavy (non-hydrogen) atoms. The number of anilines is 1. The van der Waals surface area contributed by atoms with Crippen LogP contribution in [-0.2, 0) is 4.74 Å². The summed E-state index contributed by atoms with van der Waals surface area (Å²) < 4.78 is 11.2. The Morgan fingerprint density at radius 2 is 2.08 bits per heavy atom. The zero-order valence-electron chi connectivity index (χ0n) is 14.0. The maximum atomic E-state index is 11.8. The van der Waals surface area contributed by atoms with Crippen LogP contribution in [0.15, 0.2) is 48.5 Å². The van der Waals surface area contributed by atoms with Gasteiger partial charge in [-0.25, -0.2) is 4.79 Å². The molecule has 0 aromatic heterocycles. The summed E-state index contributed by atoms with van der Waals surface area (Å²) in [7, 11) is 1.38. The van der Waals surface area contributed by atoms with Crippen molar-refractivity contribution in [2.75, 3.05) is 12.0 Å². The third-order valence-corrected chi connectivity index (χ3v) is 5.01. The monoisotopic (exact) mass is 354 g/mol. The van der Waals surface area contributed by atoms with Gasteiger partial charge in [-0.2, -0.15) is 0 Å². The number of hydrogen-bond donors (Lipinski definition) is 1. The van der Waals surface area contributed by atoms with E-state index in [-0.39, 0.29) is 12.0 Å². The van der Waals surface area contributed by atoms with Gasteiger partial charge in [-0.05, 0) is 49.5 Å². The Morgan fingerprint density at radius 1 is 1.32 bits per heavy atom. The van der Waals surface area contributed by atoms with Crippen LogP contribution in [0.1, 0.15) is 35.3 Å². The summed E-state index contributed by atoms with van der Waals surface area (Å²) in [4.78, 5) is 13.8. The molecule has 4 rings (SSSR count). The molecule has 2 unspecified atom stereocenters. The second kappa shape index (κ2) is 5.74. The van der Waals surface area contributed by atoms with E-state index in [1.54, 1.807) is 6.07 Å². The molecule has 0 saturated carbocycles. The van der Waals surface area contributed by atoms with Crippen LogP contribution >= 0.6 is 12.2 Å². The van der Waals surface area contributed by atoms with Crippen LogP contribution < -0.4 is 15.0 Å². The van der Waals surface area contributed by atoms with Gasteiger partial charge in [-0.1, -0.05) is 18.2 Å². The number of nitrogens with one attached hydrogen (secondary N) is 1. The first-order valence-electron chi connectivity index (χ1n) is 8.09. The van der Waals surface area contributed by atoms with Gasteiger partial charge in [0.25, 0.3) is 0 Å². The molecule has 6 heteroatoms. The van der Waals surface area contributed by atoms with Crippen molar-refractivity contribution in [2.45, 2.75) is 25.1 Å². The molecule has 128 valence electrons. The minimum absolute atomic E-state index is 0.00850. The molecule has 0 amide bonds. The highest BCUT2D eigenvalue weighted by molar-refractivity contribution is 7.80. The maximum Gasteiger partial charge on any atom is 0.337 e. The topological polar surface area (TPSA) is 50.8 Å². The van der Waals surface area contributed by atoms with Crippen LogP contribution in [0.5, 0.6) is 5.75 Å². The highest BCUT2D eigenvalue weighted by Crippen LogP contribution is 2.45. The summed E-state index contributed by atoms with van der Waals surface area (Å²) >= 11 is 5.61. The van der Waals surface area contributed by atoms with Gasteiger partial charge < -0.3 is 14.8 Å². The summed E-state index contributed by atoms with van der Waals surface area (Å²) in [5, 5.41) is 4.00. The van der Waals surface area contributed by atoms with Gasteiger partial charge in [0.15, 0.2) is 10.8 Å². The predicted octanol–water partition coefficient (Wildman–Crippen LogP) is 3.41. The minimum Gasteiger partial charge on any atom is -0.467 e. The Kier molecular flexibility index (Phi) is 3.65. The van der Waals surface area contributed by atoms with E-state index in [1.807, 2.05) is 54.3 Å². The van der Waals surface area contributed by atoms with Crippen LogP contribution in [0.2, 0.25) is 0 Å². The number of esters is 1. The van der Waals surface area contributed by atoms with Crippen molar-refractivity contribution >= 4 is 29.0 Å². The molecule has 0 spiro atoms. The number of ether oxygens (including phenoxy) is 2. The molecule has 0 aliphatic carbocycles. The molecule has 1 saturated heterocycles. The van der Waals surface area contributed by atoms with Gasteiger partial charge in [0, 0.05) is 17.7 Å². The standard InChI is InChI=1S/C19H18N2O3S/c1-19-11-15(20-18(25)21(19)13-6-4-3-5-7-13)14-10-12(17(22)23-2)8-9-16(14)24-19/h3-10,15H,11H2,1-2H3,(H,20,25). The van der Waals surface area contributed by atoms with Gasteiger partial charge in [-0.3, -0.25) is 4.90 Å². The number of para-hydroxylation sites is 1. The third-order valence-electron chi connectivity index (χ3n) is 4.71. The first-order valence-corrected chi connectivity index (χ1v) is 8.50. The largest absolute Gasteiger partial charge is 0.467 e. The van der Waals surface area contributed by atoms with Gasteiger partial charge in [0.2, 0.25) is 0 Å². The van der Waals surface area contributed by atoms with Crippen molar-refractivity contribution in [2.24, 2.45) is 0 Å². The highest BCUT2D eigenvalue weighted by atomic mass is 32.1. The van der Waals surface area contributed by atoms with E-state index < -0.39 is 5.72 Å². The van der Waals surface area contributed by atoms with Crippen molar-refractivity contribution < 1.29 is 14.3 Å². The predicted molar refractivity (Wildman–Crippen MR) is 98.8 cm³/mol. The van der Waals surface area contributed by atoms with Gasteiger partial charge in [0.1, 0.15) is 5.75 Å². The van der Waals surface area contributed by atoms with Crippen LogP contribution in [-0.4, -0.2) is 23.9 Å². The lowest BCUT2D eigenvalue weighted by atomic mass is 9.89. The van der Waals surface area contributed by atoms with E-state index in [0.717, 1.165) is 17.0 Å². The molecular weight excluding hydrogens is 336 g/mol. The quantitative estimate of drug-likeness (QED) is 0.659. The fraction of sp³-hybridized carbons (Fsp3) is 0.263. The number of thiocarbonyl (C=S) groups is 1. The van der Waals surface area contributed by atoms with E-state index in [1.165, 1.54) is 7.11 Å². The molecule has 5 nitrogen and oxygen atoms in total. The van der Waals surface area contributed by atoms with E-state index in [0.29, 0.717) is 17.1 Å². The van der Waals surface area contributed by atoms with Gasteiger partial charge in [-0.15, -0.1) is 0 Å². The Balaban J connectivity index is 1.76. The Hall–Kier alpha value is -2.60. The van der Waals surface area contributed by atoms with Crippen LogP contribution in [0.3, 0.4) is 0 Å². The normalized spacial score (nSPS) is 24.0. The zero-order chi connectivity index (χ0) is 17.6. The number of carbonyl (C=O) groups is 1. The Labute approximate surface area is 151 Å². The lowest BCUT2D eigenvalue weighted by molar-refractivity contribution is 0.0494. The van der Waals surface area contributed by atoms with E-state index in [2.05, 4.69) is 5.32 Å². The van der Waals surface area contributed by atoms with Gasteiger partial charge >= 0.3 is 5.97 Å². The average molecular weight is 354 g/mol. The second-order valence-electron chi connectivity index (χ2n) is 6.40. The SMILES string of the molecule is COC(=O)c1ccc2c(c1)C1CC(C)(O2)N(c2ccccc2)C(=S)N1. The number of rotatable bonds is 2. The number of fused-ring (bicyclic) bond motifs is 4. The smallest absolute Gasteiger partial charge is 0.337 e. The molecule has 1 fully saturated rings. The number of nitrogens with zero attached hydrogens (tertiary/aromatic N) is 1. The molecule has 2 aliphatic rings. The van der Waals surface area contributed by atoms with Crippen molar-refractivity contribution in [1.29, 1.82) is 0 Å². The molecule has 2 aliphatic heterocycles. The lowest BCUT2D eigenvalue weighted by Gasteiger charge is -2.52. The summed E-state index contributed by atoms with van der Waals surface area (Å²) in [6.45, 7) is 2.04. The third kappa shape index (κ3) is 2.53. The van der Waals surface area contributed by atoms with Crippen molar-refractivity contribution in [3.05, 3.63) is 59.7 Å². The first-order chi connectivity index (χ1) is 12.0. The van der Waals surface area contributed by atoms with Crippen molar-refractivity contribution in [3.63, 3.8) is 0 Å². The van der Waals surface area contributed by atoms with Crippen molar-refractivity contribution in [3.8, 4) is 5.75 Å². The highest BCUT2D eigenvalue weighted by Gasteiger charge is 2.48. The molecule has 0 radical (unpaired) electrons. The number of carbonyl (C=O) groups excluding carboxylic acids is 1. The number of methoxy groups -OCH3 is 1. The summed E-state index contributed by atoms with van der Waals surface area (Å²) in [5.41, 5.74) is 1.83. The molecule has 1 N–H and O–H groups in total. The zero-order valence-corrected chi connectivity index (χ0v) is 14.8. The second-order valence-corrected chi connectivity index (χ2v) is 6.79. The Bertz CT molecular complexity index is 855. The molecule has 2 aromatic rings. The fourth-order valence-corrected chi connectivity index (χ4v) is 4.03. The van der Waals surface area contributed by atoms with Gasteiger partial charge in [0.05, 0.1) is 18.7 Å². The number of benzene rings is 2. The summed E-state index contributed by atoms with van der Waals surface area (Å²) in [5.74, 6) is 0.391.